The summed E-state index contributed by atoms with van der Waals surface area (Å²) in [6, 6.07) is -0.0813. The number of nitrogens with zero attached hydrogens (tertiary/aromatic N) is 1. The maximum atomic E-state index is 12.0. The van der Waals surface area contributed by atoms with Crippen molar-refractivity contribution in [3.63, 3.8) is 0 Å². The molecule has 1 unspecified atom stereocenters. The van der Waals surface area contributed by atoms with Crippen molar-refractivity contribution in [3.05, 3.63) is 12.2 Å². The van der Waals surface area contributed by atoms with Gasteiger partial charge < -0.3 is 15.2 Å². The first-order valence-electron chi connectivity index (χ1n) is 5.88. The molecule has 1 saturated heterocycles. The van der Waals surface area contributed by atoms with Crippen molar-refractivity contribution in [2.24, 2.45) is 5.73 Å². The van der Waals surface area contributed by atoms with E-state index in [4.69, 9.17) is 15.2 Å². The molecule has 0 saturated carbocycles. The van der Waals surface area contributed by atoms with Gasteiger partial charge in [0.2, 0.25) is 0 Å². The lowest BCUT2D eigenvalue weighted by atomic mass is 10.2. The van der Waals surface area contributed by atoms with Crippen LogP contribution in [0.25, 0.3) is 0 Å². The third kappa shape index (κ3) is 4.75. The van der Waals surface area contributed by atoms with Crippen LogP contribution in [0.2, 0.25) is 0 Å². The van der Waals surface area contributed by atoms with Crippen LogP contribution in [0.15, 0.2) is 12.2 Å². The molecule has 0 spiro atoms. The van der Waals surface area contributed by atoms with Crippen molar-refractivity contribution < 1.29 is 14.3 Å². The molecule has 0 aromatic rings. The molecule has 0 aliphatic carbocycles. The molecule has 0 aromatic carbocycles. The Morgan fingerprint density at radius 1 is 1.59 bits per heavy atom. The number of amides is 1. The third-order valence-corrected chi connectivity index (χ3v) is 2.29. The average Bonchev–Trinajstić information content (AvgIpc) is 2.24. The normalized spacial score (nSPS) is 21.9. The van der Waals surface area contributed by atoms with Crippen molar-refractivity contribution >= 4 is 6.09 Å². The molecule has 1 aliphatic heterocycles. The summed E-state index contributed by atoms with van der Waals surface area (Å²) in [6.07, 6.45) is 3.42. The first-order valence-corrected chi connectivity index (χ1v) is 5.88. The van der Waals surface area contributed by atoms with Crippen LogP contribution in [0.1, 0.15) is 20.8 Å². The van der Waals surface area contributed by atoms with Crippen molar-refractivity contribution in [1.29, 1.82) is 0 Å². The Balaban J connectivity index is 2.64. The van der Waals surface area contributed by atoms with Crippen LogP contribution in [0, 0.1) is 0 Å². The number of hydrogen-bond donors (Lipinski definition) is 1. The minimum atomic E-state index is -0.475. The monoisotopic (exact) mass is 242 g/mol. The SMILES string of the molecule is CC(C)(C)OC(=O)N1CCOCC1/C=C/CN. The topological polar surface area (TPSA) is 64.8 Å². The number of ether oxygens (including phenoxy) is 2. The Bertz CT molecular complexity index is 284. The van der Waals surface area contributed by atoms with Crippen molar-refractivity contribution in [1.82, 2.24) is 4.90 Å². The molecule has 17 heavy (non-hydrogen) atoms. The summed E-state index contributed by atoms with van der Waals surface area (Å²) in [5, 5.41) is 0. The molecule has 5 nitrogen and oxygen atoms in total. The van der Waals surface area contributed by atoms with E-state index in [1.165, 1.54) is 0 Å². The zero-order valence-corrected chi connectivity index (χ0v) is 10.8. The van der Waals surface area contributed by atoms with Gasteiger partial charge in [0, 0.05) is 13.1 Å². The molecular formula is C12H22N2O3. The van der Waals surface area contributed by atoms with E-state index >= 15 is 0 Å². The average molecular weight is 242 g/mol. The number of morpholine rings is 1. The molecule has 98 valence electrons. The first-order chi connectivity index (χ1) is 7.94. The van der Waals surface area contributed by atoms with Crippen LogP contribution >= 0.6 is 0 Å². The summed E-state index contributed by atoms with van der Waals surface area (Å²) in [7, 11) is 0. The molecular weight excluding hydrogens is 220 g/mol. The van der Waals surface area contributed by atoms with Gasteiger partial charge in [-0.3, -0.25) is 4.90 Å². The lowest BCUT2D eigenvalue weighted by Crippen LogP contribution is -2.49. The second-order valence-corrected chi connectivity index (χ2v) is 4.98. The second-order valence-electron chi connectivity index (χ2n) is 4.98. The van der Waals surface area contributed by atoms with Gasteiger partial charge in [0.25, 0.3) is 0 Å². The Morgan fingerprint density at radius 2 is 2.29 bits per heavy atom. The second kappa shape index (κ2) is 6.02. The number of hydrogen-bond acceptors (Lipinski definition) is 4. The van der Waals surface area contributed by atoms with Gasteiger partial charge in [0.05, 0.1) is 19.3 Å². The lowest BCUT2D eigenvalue weighted by molar-refractivity contribution is -0.0217. The van der Waals surface area contributed by atoms with E-state index in [0.717, 1.165) is 0 Å². The van der Waals surface area contributed by atoms with Crippen molar-refractivity contribution in [3.8, 4) is 0 Å². The van der Waals surface area contributed by atoms with Gasteiger partial charge in [0.15, 0.2) is 0 Å². The maximum absolute atomic E-state index is 12.0. The fourth-order valence-electron chi connectivity index (χ4n) is 1.57. The van der Waals surface area contributed by atoms with Gasteiger partial charge in [-0.25, -0.2) is 4.79 Å². The predicted molar refractivity (Wildman–Crippen MR) is 65.7 cm³/mol. The highest BCUT2D eigenvalue weighted by molar-refractivity contribution is 5.69. The van der Waals surface area contributed by atoms with Crippen LogP contribution < -0.4 is 5.73 Å². The largest absolute Gasteiger partial charge is 0.444 e. The Labute approximate surface area is 103 Å². The predicted octanol–water partition coefficient (Wildman–Crippen LogP) is 1.14. The fourth-order valence-corrected chi connectivity index (χ4v) is 1.57. The quantitative estimate of drug-likeness (QED) is 0.737. The van der Waals surface area contributed by atoms with E-state index < -0.39 is 5.60 Å². The van der Waals surface area contributed by atoms with E-state index in [0.29, 0.717) is 26.3 Å². The van der Waals surface area contributed by atoms with E-state index in [2.05, 4.69) is 0 Å². The van der Waals surface area contributed by atoms with E-state index in [1.54, 1.807) is 4.90 Å². The Kier molecular flexibility index (Phi) is 4.96. The van der Waals surface area contributed by atoms with Crippen LogP contribution in [-0.4, -0.2) is 48.9 Å². The molecule has 1 rings (SSSR count). The molecule has 1 aliphatic rings. The molecule has 1 heterocycles. The summed E-state index contributed by atoms with van der Waals surface area (Å²) in [4.78, 5) is 13.7. The van der Waals surface area contributed by atoms with Gasteiger partial charge in [0.1, 0.15) is 5.60 Å². The van der Waals surface area contributed by atoms with Crippen LogP contribution in [0.5, 0.6) is 0 Å². The van der Waals surface area contributed by atoms with Gasteiger partial charge >= 0.3 is 6.09 Å². The Morgan fingerprint density at radius 3 is 2.88 bits per heavy atom. The highest BCUT2D eigenvalue weighted by atomic mass is 16.6. The molecule has 1 fully saturated rings. The smallest absolute Gasteiger partial charge is 0.410 e. The van der Waals surface area contributed by atoms with E-state index in [1.807, 2.05) is 32.9 Å². The number of rotatable bonds is 2. The zero-order chi connectivity index (χ0) is 12.9. The van der Waals surface area contributed by atoms with Crippen molar-refractivity contribution in [2.75, 3.05) is 26.3 Å². The van der Waals surface area contributed by atoms with Crippen molar-refractivity contribution in [2.45, 2.75) is 32.4 Å². The van der Waals surface area contributed by atoms with Crippen LogP contribution in [0.3, 0.4) is 0 Å². The van der Waals surface area contributed by atoms with E-state index in [-0.39, 0.29) is 12.1 Å². The fraction of sp³-hybridized carbons (Fsp3) is 0.750. The molecule has 0 aromatic heterocycles. The van der Waals surface area contributed by atoms with E-state index in [9.17, 15) is 4.79 Å². The first kappa shape index (κ1) is 14.0. The highest BCUT2D eigenvalue weighted by Crippen LogP contribution is 2.15. The molecule has 2 N–H and O–H groups in total. The van der Waals surface area contributed by atoms with Crippen LogP contribution in [-0.2, 0) is 9.47 Å². The van der Waals surface area contributed by atoms with Gasteiger partial charge in [-0.1, -0.05) is 12.2 Å². The zero-order valence-electron chi connectivity index (χ0n) is 10.8. The summed E-state index contributed by atoms with van der Waals surface area (Å²) >= 11 is 0. The molecule has 5 heteroatoms. The minimum absolute atomic E-state index is 0.0813. The summed E-state index contributed by atoms with van der Waals surface area (Å²) < 4.78 is 10.7. The highest BCUT2D eigenvalue weighted by Gasteiger charge is 2.29. The summed E-state index contributed by atoms with van der Waals surface area (Å²) in [6.45, 7) is 7.62. The molecule has 0 bridgehead atoms. The number of carbonyl (C=O) groups is 1. The third-order valence-electron chi connectivity index (χ3n) is 2.29. The molecule has 1 atom stereocenters. The number of nitrogens with two attached hydrogens (primary N) is 1. The summed E-state index contributed by atoms with van der Waals surface area (Å²) in [5.41, 5.74) is 4.93. The van der Waals surface area contributed by atoms with Gasteiger partial charge in [-0.05, 0) is 20.8 Å². The van der Waals surface area contributed by atoms with Gasteiger partial charge in [-0.2, -0.15) is 0 Å². The van der Waals surface area contributed by atoms with Gasteiger partial charge in [-0.15, -0.1) is 0 Å². The standard InChI is InChI=1S/C12H22N2O3/c1-12(2,3)17-11(15)14-7-8-16-9-10(14)5-4-6-13/h4-5,10H,6-9,13H2,1-3H3/b5-4+. The summed E-state index contributed by atoms with van der Waals surface area (Å²) in [5.74, 6) is 0. The molecule has 1 amide bonds. The Hall–Kier alpha value is -1.07. The molecule has 0 radical (unpaired) electrons. The maximum Gasteiger partial charge on any atom is 0.410 e. The van der Waals surface area contributed by atoms with Crippen LogP contribution in [0.4, 0.5) is 4.79 Å². The lowest BCUT2D eigenvalue weighted by Gasteiger charge is -2.35. The number of carbonyl (C=O) groups excluding carboxylic acids is 1. The minimum Gasteiger partial charge on any atom is -0.444 e.